The third-order valence-corrected chi connectivity index (χ3v) is 4.10. The van der Waals surface area contributed by atoms with Gasteiger partial charge in [-0.1, -0.05) is 30.3 Å². The predicted octanol–water partition coefficient (Wildman–Crippen LogP) is 0.923. The van der Waals surface area contributed by atoms with Crippen LogP contribution in [-0.2, 0) is 21.4 Å². The summed E-state index contributed by atoms with van der Waals surface area (Å²) in [6, 6.07) is 9.15. The Kier molecular flexibility index (Phi) is 4.65. The van der Waals surface area contributed by atoms with Crippen molar-refractivity contribution < 1.29 is 18.3 Å². The average molecular weight is 257 g/mol. The smallest absolute Gasteiger partial charge is 0.304 e. The van der Waals surface area contributed by atoms with E-state index in [1.165, 1.54) is 11.4 Å². The molecule has 0 spiro atoms. The first-order valence-corrected chi connectivity index (χ1v) is 6.72. The van der Waals surface area contributed by atoms with Gasteiger partial charge < -0.3 is 5.11 Å². The lowest BCUT2D eigenvalue weighted by atomic mass is 10.2. The van der Waals surface area contributed by atoms with E-state index in [0.717, 1.165) is 5.56 Å². The number of nitrogens with zero attached hydrogens (tertiary/aromatic N) is 1. The van der Waals surface area contributed by atoms with Gasteiger partial charge in [0, 0.05) is 13.6 Å². The summed E-state index contributed by atoms with van der Waals surface area (Å²) in [5.41, 5.74) is 0.869. The highest BCUT2D eigenvalue weighted by atomic mass is 32.2. The van der Waals surface area contributed by atoms with Crippen molar-refractivity contribution in [3.05, 3.63) is 35.9 Å². The molecular formula is C11H15NO4S. The highest BCUT2D eigenvalue weighted by Crippen LogP contribution is 2.08. The van der Waals surface area contributed by atoms with E-state index in [4.69, 9.17) is 5.11 Å². The Balaban J connectivity index is 2.63. The molecule has 0 saturated heterocycles. The lowest BCUT2D eigenvalue weighted by molar-refractivity contribution is -0.136. The Morgan fingerprint density at radius 1 is 1.29 bits per heavy atom. The molecule has 0 unspecified atom stereocenters. The predicted molar refractivity (Wildman–Crippen MR) is 63.9 cm³/mol. The first kappa shape index (κ1) is 13.7. The van der Waals surface area contributed by atoms with E-state index < -0.39 is 16.0 Å². The maximum Gasteiger partial charge on any atom is 0.304 e. The zero-order chi connectivity index (χ0) is 12.9. The van der Waals surface area contributed by atoms with Gasteiger partial charge >= 0.3 is 5.97 Å². The van der Waals surface area contributed by atoms with Gasteiger partial charge in [0.05, 0.1) is 12.2 Å². The number of carboxylic acid groups (broad SMARTS) is 1. The first-order chi connectivity index (χ1) is 7.92. The number of aliphatic carboxylic acids is 1. The van der Waals surface area contributed by atoms with Crippen LogP contribution in [0.4, 0.5) is 0 Å². The van der Waals surface area contributed by atoms with Crippen molar-refractivity contribution in [2.45, 2.75) is 13.0 Å². The molecular weight excluding hydrogens is 242 g/mol. The Labute approximate surface area is 101 Å². The van der Waals surface area contributed by atoms with E-state index in [1.54, 1.807) is 0 Å². The average Bonchev–Trinajstić information content (AvgIpc) is 2.28. The van der Waals surface area contributed by atoms with Gasteiger partial charge in [0.25, 0.3) is 0 Å². The van der Waals surface area contributed by atoms with Crippen LogP contribution in [-0.4, -0.2) is 36.6 Å². The maximum absolute atomic E-state index is 11.7. The van der Waals surface area contributed by atoms with Crippen LogP contribution in [0.5, 0.6) is 0 Å². The third kappa shape index (κ3) is 4.54. The van der Waals surface area contributed by atoms with E-state index in [0.29, 0.717) is 0 Å². The minimum Gasteiger partial charge on any atom is -0.481 e. The maximum atomic E-state index is 11.7. The second-order valence-electron chi connectivity index (χ2n) is 3.70. The molecule has 1 N–H and O–H groups in total. The molecule has 0 aliphatic rings. The summed E-state index contributed by atoms with van der Waals surface area (Å²) in [5, 5.41) is 8.47. The molecule has 0 radical (unpaired) electrons. The molecule has 0 atom stereocenters. The van der Waals surface area contributed by atoms with E-state index in [-0.39, 0.29) is 18.7 Å². The number of carboxylic acids is 1. The van der Waals surface area contributed by atoms with Crippen LogP contribution in [0.2, 0.25) is 0 Å². The van der Waals surface area contributed by atoms with Crippen molar-refractivity contribution in [1.29, 1.82) is 0 Å². The van der Waals surface area contributed by atoms with Crippen LogP contribution >= 0.6 is 0 Å². The molecule has 0 saturated carbocycles. The van der Waals surface area contributed by atoms with Crippen molar-refractivity contribution in [2.24, 2.45) is 0 Å². The molecule has 0 aromatic heterocycles. The Hall–Kier alpha value is -1.40. The van der Waals surface area contributed by atoms with Gasteiger partial charge in [-0.25, -0.2) is 12.7 Å². The summed E-state index contributed by atoms with van der Waals surface area (Å²) < 4.78 is 24.6. The fraction of sp³-hybridized carbons (Fsp3) is 0.364. The monoisotopic (exact) mass is 257 g/mol. The van der Waals surface area contributed by atoms with Gasteiger partial charge in [0.15, 0.2) is 0 Å². The van der Waals surface area contributed by atoms with Crippen molar-refractivity contribution in [3.63, 3.8) is 0 Å². The topological polar surface area (TPSA) is 74.7 Å². The van der Waals surface area contributed by atoms with E-state index >= 15 is 0 Å². The fourth-order valence-electron chi connectivity index (χ4n) is 1.31. The minimum atomic E-state index is -3.50. The molecule has 0 fully saturated rings. The molecule has 0 heterocycles. The summed E-state index contributed by atoms with van der Waals surface area (Å²) in [4.78, 5) is 10.3. The van der Waals surface area contributed by atoms with Crippen LogP contribution in [0.15, 0.2) is 30.3 Å². The van der Waals surface area contributed by atoms with Crippen molar-refractivity contribution in [2.75, 3.05) is 12.8 Å². The van der Waals surface area contributed by atoms with Gasteiger partial charge in [-0.15, -0.1) is 0 Å². The Bertz CT molecular complexity index is 470. The minimum absolute atomic E-state index is 0.253. The van der Waals surface area contributed by atoms with Crippen molar-refractivity contribution in [1.82, 2.24) is 4.31 Å². The normalized spacial score (nSPS) is 11.6. The number of hydrogen-bond acceptors (Lipinski definition) is 3. The van der Waals surface area contributed by atoms with Gasteiger partial charge in [0.1, 0.15) is 0 Å². The second-order valence-corrected chi connectivity index (χ2v) is 5.90. The Morgan fingerprint density at radius 2 is 1.88 bits per heavy atom. The molecule has 1 aromatic carbocycles. The number of benzene rings is 1. The van der Waals surface area contributed by atoms with E-state index in [9.17, 15) is 13.2 Å². The van der Waals surface area contributed by atoms with Crippen LogP contribution < -0.4 is 0 Å². The van der Waals surface area contributed by atoms with Crippen LogP contribution in [0.3, 0.4) is 0 Å². The zero-order valence-electron chi connectivity index (χ0n) is 9.54. The summed E-state index contributed by atoms with van der Waals surface area (Å²) in [6.07, 6.45) is -0.374. The standard InChI is InChI=1S/C11H15NO4S/c1-12(9-10-5-3-2-4-6-10)17(15,16)8-7-11(13)14/h2-6H,7-9H2,1H3,(H,13,14). The SMILES string of the molecule is CN(Cc1ccccc1)S(=O)(=O)CCC(=O)O. The summed E-state index contributed by atoms with van der Waals surface area (Å²) >= 11 is 0. The quantitative estimate of drug-likeness (QED) is 0.822. The van der Waals surface area contributed by atoms with Gasteiger partial charge in [0.2, 0.25) is 10.0 Å². The van der Waals surface area contributed by atoms with Crippen LogP contribution in [0.25, 0.3) is 0 Å². The molecule has 6 heteroatoms. The van der Waals surface area contributed by atoms with Crippen LogP contribution in [0, 0.1) is 0 Å². The van der Waals surface area contributed by atoms with Gasteiger partial charge in [-0.05, 0) is 5.56 Å². The molecule has 0 bridgehead atoms. The summed E-state index contributed by atoms with van der Waals surface area (Å²) in [7, 11) is -2.05. The van der Waals surface area contributed by atoms with E-state index in [2.05, 4.69) is 0 Å². The highest BCUT2D eigenvalue weighted by molar-refractivity contribution is 7.89. The highest BCUT2D eigenvalue weighted by Gasteiger charge is 2.19. The fourth-order valence-corrected chi connectivity index (χ4v) is 2.40. The number of carbonyl (C=O) groups is 1. The number of rotatable bonds is 6. The summed E-state index contributed by atoms with van der Waals surface area (Å²) in [6.45, 7) is 0.253. The second kappa shape index (κ2) is 5.79. The molecule has 0 amide bonds. The molecule has 5 nitrogen and oxygen atoms in total. The molecule has 0 aliphatic carbocycles. The largest absolute Gasteiger partial charge is 0.481 e. The lowest BCUT2D eigenvalue weighted by Crippen LogP contribution is -2.29. The molecule has 0 aliphatic heterocycles. The van der Waals surface area contributed by atoms with Gasteiger partial charge in [-0.3, -0.25) is 4.79 Å². The first-order valence-electron chi connectivity index (χ1n) is 5.11. The molecule has 1 rings (SSSR count). The Morgan fingerprint density at radius 3 is 2.41 bits per heavy atom. The van der Waals surface area contributed by atoms with Crippen molar-refractivity contribution >= 4 is 16.0 Å². The zero-order valence-corrected chi connectivity index (χ0v) is 10.4. The number of sulfonamides is 1. The number of hydrogen-bond donors (Lipinski definition) is 1. The van der Waals surface area contributed by atoms with Gasteiger partial charge in [-0.2, -0.15) is 0 Å². The third-order valence-electron chi connectivity index (χ3n) is 2.30. The molecule has 1 aromatic rings. The van der Waals surface area contributed by atoms with Crippen LogP contribution in [0.1, 0.15) is 12.0 Å². The molecule has 17 heavy (non-hydrogen) atoms. The lowest BCUT2D eigenvalue weighted by Gasteiger charge is -2.16. The summed E-state index contributed by atoms with van der Waals surface area (Å²) in [5.74, 6) is -1.48. The molecule has 94 valence electrons. The van der Waals surface area contributed by atoms with E-state index in [1.807, 2.05) is 30.3 Å². The van der Waals surface area contributed by atoms with Crippen molar-refractivity contribution in [3.8, 4) is 0 Å².